The second kappa shape index (κ2) is 18.0. The van der Waals surface area contributed by atoms with Gasteiger partial charge in [-0.2, -0.15) is 0 Å². The van der Waals surface area contributed by atoms with Gasteiger partial charge < -0.3 is 19.3 Å². The van der Waals surface area contributed by atoms with Crippen molar-refractivity contribution < 1.29 is 19.3 Å². The molecule has 0 fully saturated rings. The average Bonchev–Trinajstić information content (AvgIpc) is 3.03. The maximum absolute atomic E-state index is 10.9. The molecule has 4 aromatic carbocycles. The van der Waals surface area contributed by atoms with Crippen LogP contribution in [0.3, 0.4) is 0 Å². The summed E-state index contributed by atoms with van der Waals surface area (Å²) in [7, 11) is 0. The number of ether oxygens (including phenoxy) is 3. The smallest absolute Gasteiger partial charge is 0.162 e. The lowest BCUT2D eigenvalue weighted by Crippen LogP contribution is -2.03. The number of aliphatic hydroxyl groups excluding tert-OH is 1. The van der Waals surface area contributed by atoms with Crippen molar-refractivity contribution in [3.8, 4) is 11.5 Å². The Hall–Kier alpha value is -3.60. The van der Waals surface area contributed by atoms with Gasteiger partial charge in [0.25, 0.3) is 0 Å². The fraction of sp³-hybridized carbons (Fsp3) is 0.351. The summed E-state index contributed by atoms with van der Waals surface area (Å²) < 4.78 is 18.1. The Labute approximate surface area is 245 Å². The van der Waals surface area contributed by atoms with Crippen LogP contribution >= 0.6 is 0 Å². The van der Waals surface area contributed by atoms with Gasteiger partial charge in [0.2, 0.25) is 0 Å². The van der Waals surface area contributed by atoms with E-state index in [1.54, 1.807) is 0 Å². The second-order valence-electron chi connectivity index (χ2n) is 10.6. The standard InChI is InChI=1S/C37H44O4/c38-35(23-15-4-2-1-3-5-16-26-39-28-31-17-9-6-10-18-31)34-24-25-36(40-29-32-19-11-7-12-20-32)37(27-34)41-30-33-21-13-8-14-22-33/h6-14,17-22,24-25,27,35,38H,1-5,15-16,23,26,28-30H2. The Morgan fingerprint density at radius 2 is 0.976 bits per heavy atom. The lowest BCUT2D eigenvalue weighted by atomic mass is 10.0. The minimum Gasteiger partial charge on any atom is -0.485 e. The summed E-state index contributed by atoms with van der Waals surface area (Å²) in [5, 5.41) is 10.9. The van der Waals surface area contributed by atoms with E-state index in [2.05, 4.69) is 24.3 Å². The molecule has 0 aliphatic heterocycles. The average molecular weight is 553 g/mol. The van der Waals surface area contributed by atoms with E-state index in [1.807, 2.05) is 84.9 Å². The molecule has 4 nitrogen and oxygen atoms in total. The van der Waals surface area contributed by atoms with E-state index >= 15 is 0 Å². The van der Waals surface area contributed by atoms with Crippen LogP contribution in [0.2, 0.25) is 0 Å². The zero-order valence-electron chi connectivity index (χ0n) is 24.1. The number of benzene rings is 4. The normalized spacial score (nSPS) is 11.7. The van der Waals surface area contributed by atoms with E-state index in [-0.39, 0.29) is 0 Å². The largest absolute Gasteiger partial charge is 0.485 e. The second-order valence-corrected chi connectivity index (χ2v) is 10.6. The molecule has 0 radical (unpaired) electrons. The van der Waals surface area contributed by atoms with Crippen LogP contribution in [0.1, 0.15) is 79.7 Å². The van der Waals surface area contributed by atoms with Crippen molar-refractivity contribution in [2.75, 3.05) is 6.61 Å². The molecule has 0 amide bonds. The molecular formula is C37H44O4. The number of hydrogen-bond donors (Lipinski definition) is 1. The first-order valence-corrected chi connectivity index (χ1v) is 15.0. The molecule has 1 unspecified atom stereocenters. The van der Waals surface area contributed by atoms with Crippen LogP contribution in [-0.2, 0) is 24.6 Å². The molecule has 216 valence electrons. The van der Waals surface area contributed by atoms with Crippen LogP contribution in [0, 0.1) is 0 Å². The third-order valence-corrected chi connectivity index (χ3v) is 7.20. The molecule has 4 heteroatoms. The van der Waals surface area contributed by atoms with Crippen molar-refractivity contribution in [3.05, 3.63) is 131 Å². The van der Waals surface area contributed by atoms with Crippen LogP contribution in [0.25, 0.3) is 0 Å². The van der Waals surface area contributed by atoms with Gasteiger partial charge in [-0.15, -0.1) is 0 Å². The van der Waals surface area contributed by atoms with Gasteiger partial charge in [-0.1, -0.05) is 136 Å². The van der Waals surface area contributed by atoms with Crippen LogP contribution in [0.5, 0.6) is 11.5 Å². The topological polar surface area (TPSA) is 47.9 Å². The summed E-state index contributed by atoms with van der Waals surface area (Å²) in [6, 6.07) is 36.4. The van der Waals surface area contributed by atoms with Crippen molar-refractivity contribution in [3.63, 3.8) is 0 Å². The van der Waals surface area contributed by atoms with Crippen molar-refractivity contribution in [2.45, 2.75) is 77.3 Å². The van der Waals surface area contributed by atoms with E-state index < -0.39 is 6.10 Å². The molecule has 0 saturated carbocycles. The summed E-state index contributed by atoms with van der Waals surface area (Å²) in [6.07, 6.45) is 8.38. The minimum atomic E-state index is -0.515. The van der Waals surface area contributed by atoms with Gasteiger partial charge in [-0.3, -0.25) is 0 Å². The Morgan fingerprint density at radius 1 is 0.488 bits per heavy atom. The van der Waals surface area contributed by atoms with E-state index in [0.29, 0.717) is 31.3 Å². The summed E-state index contributed by atoms with van der Waals surface area (Å²) in [4.78, 5) is 0. The summed E-state index contributed by atoms with van der Waals surface area (Å²) >= 11 is 0. The van der Waals surface area contributed by atoms with Crippen molar-refractivity contribution in [2.24, 2.45) is 0 Å². The molecule has 0 saturated heterocycles. The summed E-state index contributed by atoms with van der Waals surface area (Å²) in [6.45, 7) is 2.44. The maximum Gasteiger partial charge on any atom is 0.162 e. The SMILES string of the molecule is OC(CCCCCCCCCOCc1ccccc1)c1ccc(OCc2ccccc2)c(OCc2ccccc2)c1. The lowest BCUT2D eigenvalue weighted by molar-refractivity contribution is 0.116. The molecule has 0 spiro atoms. The Kier molecular flexibility index (Phi) is 13.3. The fourth-order valence-corrected chi connectivity index (χ4v) is 4.79. The fourth-order valence-electron chi connectivity index (χ4n) is 4.79. The molecule has 4 rings (SSSR count). The van der Waals surface area contributed by atoms with Gasteiger partial charge in [0, 0.05) is 6.61 Å². The van der Waals surface area contributed by atoms with Crippen LogP contribution < -0.4 is 9.47 Å². The highest BCUT2D eigenvalue weighted by molar-refractivity contribution is 5.44. The van der Waals surface area contributed by atoms with Gasteiger partial charge in [0.15, 0.2) is 11.5 Å². The van der Waals surface area contributed by atoms with E-state index in [1.165, 1.54) is 31.2 Å². The van der Waals surface area contributed by atoms with Crippen LogP contribution in [0.4, 0.5) is 0 Å². The third kappa shape index (κ3) is 11.4. The molecule has 0 aromatic heterocycles. The number of aliphatic hydroxyl groups is 1. The highest BCUT2D eigenvalue weighted by Crippen LogP contribution is 2.33. The highest BCUT2D eigenvalue weighted by atomic mass is 16.5. The molecule has 41 heavy (non-hydrogen) atoms. The Bertz CT molecular complexity index is 1230. The van der Waals surface area contributed by atoms with Gasteiger partial charge >= 0.3 is 0 Å². The molecule has 0 aliphatic carbocycles. The van der Waals surface area contributed by atoms with Gasteiger partial charge in [0.05, 0.1) is 12.7 Å². The first kappa shape index (κ1) is 30.4. The lowest BCUT2D eigenvalue weighted by Gasteiger charge is -2.17. The van der Waals surface area contributed by atoms with Gasteiger partial charge in [-0.05, 0) is 47.2 Å². The maximum atomic E-state index is 10.9. The molecule has 1 N–H and O–H groups in total. The van der Waals surface area contributed by atoms with E-state index in [0.717, 1.165) is 49.0 Å². The van der Waals surface area contributed by atoms with E-state index in [9.17, 15) is 5.11 Å². The number of rotatable bonds is 19. The molecular weight excluding hydrogens is 508 g/mol. The molecule has 0 bridgehead atoms. The molecule has 1 atom stereocenters. The monoisotopic (exact) mass is 552 g/mol. The number of unbranched alkanes of at least 4 members (excludes halogenated alkanes) is 6. The molecule has 0 heterocycles. The number of hydrogen-bond acceptors (Lipinski definition) is 4. The first-order valence-electron chi connectivity index (χ1n) is 15.0. The van der Waals surface area contributed by atoms with Crippen molar-refractivity contribution in [1.82, 2.24) is 0 Å². The first-order chi connectivity index (χ1) is 20.3. The Morgan fingerprint density at radius 3 is 1.56 bits per heavy atom. The summed E-state index contributed by atoms with van der Waals surface area (Å²) in [5.41, 5.74) is 4.29. The zero-order valence-corrected chi connectivity index (χ0v) is 24.1. The van der Waals surface area contributed by atoms with Gasteiger partial charge in [-0.25, -0.2) is 0 Å². The predicted molar refractivity (Wildman–Crippen MR) is 166 cm³/mol. The van der Waals surface area contributed by atoms with Crippen LogP contribution in [0.15, 0.2) is 109 Å². The van der Waals surface area contributed by atoms with Crippen molar-refractivity contribution >= 4 is 0 Å². The summed E-state index contributed by atoms with van der Waals surface area (Å²) in [5.74, 6) is 1.35. The van der Waals surface area contributed by atoms with Crippen molar-refractivity contribution in [1.29, 1.82) is 0 Å². The Balaban J connectivity index is 1.16. The van der Waals surface area contributed by atoms with Crippen LogP contribution in [-0.4, -0.2) is 11.7 Å². The third-order valence-electron chi connectivity index (χ3n) is 7.20. The van der Waals surface area contributed by atoms with E-state index in [4.69, 9.17) is 14.2 Å². The zero-order chi connectivity index (χ0) is 28.4. The highest BCUT2D eigenvalue weighted by Gasteiger charge is 2.13. The predicted octanol–water partition coefficient (Wildman–Crippen LogP) is 9.22. The minimum absolute atomic E-state index is 0.446. The van der Waals surface area contributed by atoms with Gasteiger partial charge in [0.1, 0.15) is 13.2 Å². The quantitative estimate of drug-likeness (QED) is 0.118. The molecule has 0 aliphatic rings. The molecule has 4 aromatic rings.